The Hall–Kier alpha value is -3.17. The van der Waals surface area contributed by atoms with E-state index in [1.165, 1.54) is 32.1 Å². The monoisotopic (exact) mass is 457 g/mol. The lowest BCUT2D eigenvalue weighted by atomic mass is 9.73. The molecule has 6 nitrogen and oxygen atoms in total. The fraction of sp³-hybridized carbons (Fsp3) is 0.464. The topological polar surface area (TPSA) is 73.7 Å². The van der Waals surface area contributed by atoms with Crippen molar-refractivity contribution >= 4 is 11.8 Å². The summed E-state index contributed by atoms with van der Waals surface area (Å²) in [5, 5.41) is 10.0. The van der Waals surface area contributed by atoms with Crippen LogP contribution < -0.4 is 0 Å². The number of benzene rings is 1. The molecule has 0 bridgehead atoms. The average Bonchev–Trinajstić information content (AvgIpc) is 2.86. The van der Waals surface area contributed by atoms with E-state index in [0.717, 1.165) is 16.7 Å². The Bertz CT molecular complexity index is 1080. The number of nitrogens with zero attached hydrogens (tertiary/aromatic N) is 3. The number of rotatable bonds is 4. The first-order valence-corrected chi connectivity index (χ1v) is 12.3. The molecule has 0 spiro atoms. The van der Waals surface area contributed by atoms with Crippen LogP contribution in [0.3, 0.4) is 0 Å². The predicted molar refractivity (Wildman–Crippen MR) is 129 cm³/mol. The zero-order valence-electron chi connectivity index (χ0n) is 19.4. The molecule has 1 aliphatic carbocycles. The molecule has 0 unspecified atom stereocenters. The zero-order valence-corrected chi connectivity index (χ0v) is 19.4. The molecule has 3 atom stereocenters. The van der Waals surface area contributed by atoms with Crippen molar-refractivity contribution in [3.8, 4) is 11.8 Å². The van der Waals surface area contributed by atoms with Crippen molar-refractivity contribution in [1.29, 1.82) is 0 Å². The predicted octanol–water partition coefficient (Wildman–Crippen LogP) is 2.75. The molecule has 1 N–H and O–H groups in total. The quantitative estimate of drug-likeness (QED) is 0.717. The van der Waals surface area contributed by atoms with E-state index in [1.807, 2.05) is 24.3 Å². The van der Waals surface area contributed by atoms with Gasteiger partial charge in [-0.15, -0.1) is 0 Å². The Labute approximate surface area is 201 Å². The third kappa shape index (κ3) is 4.58. The van der Waals surface area contributed by atoms with E-state index in [0.29, 0.717) is 12.5 Å². The summed E-state index contributed by atoms with van der Waals surface area (Å²) < 4.78 is 0. The Kier molecular flexibility index (Phi) is 6.64. The lowest BCUT2D eigenvalue weighted by Gasteiger charge is -2.58. The minimum absolute atomic E-state index is 0.00305. The lowest BCUT2D eigenvalue weighted by Crippen LogP contribution is -2.73. The highest BCUT2D eigenvalue weighted by Gasteiger charge is 2.54. The molecule has 34 heavy (non-hydrogen) atoms. The number of carbonyl (C=O) groups is 2. The number of aliphatic hydroxyl groups excluding tert-OH is 1. The number of pyridine rings is 1. The van der Waals surface area contributed by atoms with Crippen LogP contribution in [0.4, 0.5) is 0 Å². The Morgan fingerprint density at radius 2 is 1.91 bits per heavy atom. The summed E-state index contributed by atoms with van der Waals surface area (Å²) >= 11 is 0. The van der Waals surface area contributed by atoms with Gasteiger partial charge in [-0.1, -0.05) is 49.3 Å². The molecule has 1 aromatic heterocycles. The van der Waals surface area contributed by atoms with Crippen LogP contribution in [0.1, 0.15) is 54.7 Å². The smallest absolute Gasteiger partial charge is 0.242 e. The maximum Gasteiger partial charge on any atom is 0.242 e. The van der Waals surface area contributed by atoms with Gasteiger partial charge in [0.25, 0.3) is 0 Å². The van der Waals surface area contributed by atoms with Crippen LogP contribution in [-0.2, 0) is 16.0 Å². The van der Waals surface area contributed by atoms with E-state index in [-0.39, 0.29) is 49.4 Å². The first-order valence-electron chi connectivity index (χ1n) is 12.3. The summed E-state index contributed by atoms with van der Waals surface area (Å²) in [5.74, 6) is 7.11. The summed E-state index contributed by atoms with van der Waals surface area (Å²) in [6.07, 6.45) is 9.88. The zero-order chi connectivity index (χ0) is 23.5. The molecule has 2 saturated heterocycles. The molecule has 0 radical (unpaired) electrons. The summed E-state index contributed by atoms with van der Waals surface area (Å²) in [5.41, 5.74) is 2.92. The third-order valence-electron chi connectivity index (χ3n) is 7.50. The molecule has 3 aliphatic rings. The summed E-state index contributed by atoms with van der Waals surface area (Å²) in [6.45, 7) is 0.462. The van der Waals surface area contributed by atoms with Crippen LogP contribution in [-0.4, -0.2) is 63.5 Å². The highest BCUT2D eigenvalue weighted by atomic mass is 16.3. The van der Waals surface area contributed by atoms with Crippen LogP contribution in [0.25, 0.3) is 0 Å². The average molecular weight is 458 g/mol. The largest absolute Gasteiger partial charge is 0.394 e. The van der Waals surface area contributed by atoms with Crippen molar-refractivity contribution in [3.63, 3.8) is 0 Å². The second kappa shape index (κ2) is 9.99. The molecule has 176 valence electrons. The lowest BCUT2D eigenvalue weighted by molar-refractivity contribution is -0.166. The second-order valence-electron chi connectivity index (χ2n) is 9.68. The van der Waals surface area contributed by atoms with E-state index in [1.54, 1.807) is 22.2 Å². The number of carbonyl (C=O) groups excluding carboxylic acids is 2. The van der Waals surface area contributed by atoms with Crippen LogP contribution in [0, 0.1) is 17.8 Å². The molecule has 3 fully saturated rings. The van der Waals surface area contributed by atoms with Gasteiger partial charge < -0.3 is 14.9 Å². The van der Waals surface area contributed by atoms with Gasteiger partial charge in [-0.2, -0.15) is 0 Å². The highest BCUT2D eigenvalue weighted by molar-refractivity contribution is 5.88. The van der Waals surface area contributed by atoms with E-state index in [9.17, 15) is 14.7 Å². The molecule has 1 aromatic carbocycles. The van der Waals surface area contributed by atoms with Crippen molar-refractivity contribution in [1.82, 2.24) is 14.8 Å². The molecule has 5 rings (SSSR count). The first kappa shape index (κ1) is 22.6. The van der Waals surface area contributed by atoms with Crippen LogP contribution >= 0.6 is 0 Å². The van der Waals surface area contributed by atoms with Crippen LogP contribution in [0.2, 0.25) is 0 Å². The number of fused-ring (bicyclic) bond motifs is 1. The molecule has 1 saturated carbocycles. The molecule has 2 aliphatic heterocycles. The van der Waals surface area contributed by atoms with E-state index in [2.05, 4.69) is 29.0 Å². The Balaban J connectivity index is 1.28. The number of aliphatic hydroxyl groups is 1. The standard InChI is InChI=1S/C28H31N3O3/c32-19-25-28(23-12-10-21(11-13-23)9-8-20-5-2-1-3-6-20)24-17-30(18-27(34)31(24)25)26(33)15-22-7-4-14-29-16-22/h4,7,10-14,16,20,24-25,28,32H,1-3,5-6,15,17-19H2/t24-,25-,28+/m0/s1. The normalized spacial score (nSPS) is 24.6. The molecule has 2 amide bonds. The minimum atomic E-state index is -0.243. The maximum atomic E-state index is 12.9. The number of amides is 2. The number of aromatic nitrogens is 1. The minimum Gasteiger partial charge on any atom is -0.394 e. The fourth-order valence-electron chi connectivity index (χ4n) is 5.70. The Morgan fingerprint density at radius 1 is 1.12 bits per heavy atom. The SMILES string of the molecule is O=C(Cc1cccnc1)N1CC(=O)N2[C@@H](CO)[C@H](c3ccc(C#CC4CCCCC4)cc3)[C@@H]2C1. The van der Waals surface area contributed by atoms with Gasteiger partial charge in [-0.25, -0.2) is 0 Å². The molecule has 3 heterocycles. The van der Waals surface area contributed by atoms with Crippen molar-refractivity contribution in [2.45, 2.75) is 56.5 Å². The highest BCUT2D eigenvalue weighted by Crippen LogP contribution is 2.43. The molecule has 6 heteroatoms. The number of piperazine rings is 1. The van der Waals surface area contributed by atoms with Gasteiger partial charge >= 0.3 is 0 Å². The van der Waals surface area contributed by atoms with E-state index < -0.39 is 0 Å². The maximum absolute atomic E-state index is 12.9. The van der Waals surface area contributed by atoms with Crippen molar-refractivity contribution in [3.05, 3.63) is 65.5 Å². The molecule has 2 aromatic rings. The van der Waals surface area contributed by atoms with Gasteiger partial charge in [0, 0.05) is 36.3 Å². The second-order valence-corrected chi connectivity index (χ2v) is 9.68. The summed E-state index contributed by atoms with van der Waals surface area (Å²) in [7, 11) is 0. The van der Waals surface area contributed by atoms with Crippen molar-refractivity contribution in [2.75, 3.05) is 19.7 Å². The van der Waals surface area contributed by atoms with Gasteiger partial charge in [0.2, 0.25) is 11.8 Å². The fourth-order valence-corrected chi connectivity index (χ4v) is 5.70. The van der Waals surface area contributed by atoms with Crippen LogP contribution in [0.15, 0.2) is 48.8 Å². The van der Waals surface area contributed by atoms with Gasteiger partial charge in [0.1, 0.15) is 0 Å². The van der Waals surface area contributed by atoms with Gasteiger partial charge in [-0.05, 0) is 42.2 Å². The third-order valence-corrected chi connectivity index (χ3v) is 7.50. The van der Waals surface area contributed by atoms with E-state index in [4.69, 9.17) is 0 Å². The van der Waals surface area contributed by atoms with Crippen LogP contribution in [0.5, 0.6) is 0 Å². The van der Waals surface area contributed by atoms with Gasteiger partial charge in [-0.3, -0.25) is 14.6 Å². The van der Waals surface area contributed by atoms with Gasteiger partial charge in [0.15, 0.2) is 0 Å². The van der Waals surface area contributed by atoms with Gasteiger partial charge in [0.05, 0.1) is 31.7 Å². The Morgan fingerprint density at radius 3 is 2.62 bits per heavy atom. The molecular formula is C28H31N3O3. The van der Waals surface area contributed by atoms with Crippen molar-refractivity contribution in [2.24, 2.45) is 5.92 Å². The number of hydrogen-bond acceptors (Lipinski definition) is 4. The molecular weight excluding hydrogens is 426 g/mol. The number of hydrogen-bond donors (Lipinski definition) is 1. The van der Waals surface area contributed by atoms with E-state index >= 15 is 0 Å². The first-order chi connectivity index (χ1) is 16.6. The summed E-state index contributed by atoms with van der Waals surface area (Å²) in [6, 6.07) is 11.5. The van der Waals surface area contributed by atoms with Crippen molar-refractivity contribution < 1.29 is 14.7 Å². The summed E-state index contributed by atoms with van der Waals surface area (Å²) in [4.78, 5) is 33.2.